The summed E-state index contributed by atoms with van der Waals surface area (Å²) in [5.41, 5.74) is 3.23. The first-order valence-electron chi connectivity index (χ1n) is 6.56. The Balaban J connectivity index is 2.15. The van der Waals surface area contributed by atoms with Crippen LogP contribution in [0.4, 0.5) is 0 Å². The van der Waals surface area contributed by atoms with Crippen LogP contribution in [-0.2, 0) is 11.8 Å². The predicted octanol–water partition coefficient (Wildman–Crippen LogP) is 4.03. The van der Waals surface area contributed by atoms with Gasteiger partial charge in [0, 0.05) is 17.2 Å². The van der Waals surface area contributed by atoms with Crippen LogP contribution in [0.2, 0.25) is 0 Å². The molecule has 0 bridgehead atoms. The molecule has 0 saturated carbocycles. The summed E-state index contributed by atoms with van der Waals surface area (Å²) in [6.07, 6.45) is 0.105. The van der Waals surface area contributed by atoms with Crippen LogP contribution in [0.15, 0.2) is 29.6 Å². The van der Waals surface area contributed by atoms with Gasteiger partial charge in [-0.3, -0.25) is 0 Å². The molecule has 102 valence electrons. The van der Waals surface area contributed by atoms with E-state index in [0.29, 0.717) is 6.42 Å². The topological polar surface area (TPSA) is 33.1 Å². The Morgan fingerprint density at radius 2 is 1.95 bits per heavy atom. The molecule has 0 saturated heterocycles. The highest BCUT2D eigenvalue weighted by atomic mass is 32.1. The summed E-state index contributed by atoms with van der Waals surface area (Å²) in [7, 11) is 0. The number of nitrogens with zero attached hydrogens (tertiary/aromatic N) is 1. The van der Waals surface area contributed by atoms with Crippen molar-refractivity contribution in [3.8, 4) is 0 Å². The van der Waals surface area contributed by atoms with E-state index >= 15 is 0 Å². The maximum Gasteiger partial charge on any atom is 0.101 e. The van der Waals surface area contributed by atoms with Gasteiger partial charge in [0.1, 0.15) is 6.10 Å². The van der Waals surface area contributed by atoms with Gasteiger partial charge < -0.3 is 5.11 Å². The third-order valence-corrected chi connectivity index (χ3v) is 4.47. The average molecular weight is 275 g/mol. The van der Waals surface area contributed by atoms with Crippen molar-refractivity contribution in [3.63, 3.8) is 0 Å². The molecule has 19 heavy (non-hydrogen) atoms. The molecule has 0 amide bonds. The quantitative estimate of drug-likeness (QED) is 0.917. The first kappa shape index (κ1) is 14.2. The minimum atomic E-state index is -0.520. The Morgan fingerprint density at radius 3 is 2.53 bits per heavy atom. The second kappa shape index (κ2) is 5.43. The van der Waals surface area contributed by atoms with Gasteiger partial charge in [-0.1, -0.05) is 45.0 Å². The zero-order valence-electron chi connectivity index (χ0n) is 12.0. The summed E-state index contributed by atoms with van der Waals surface area (Å²) in [6, 6.07) is 8.17. The van der Waals surface area contributed by atoms with Crippen molar-refractivity contribution in [1.82, 2.24) is 4.98 Å². The van der Waals surface area contributed by atoms with Crippen molar-refractivity contribution in [2.24, 2.45) is 0 Å². The molecular formula is C16H21NOS. The number of benzene rings is 1. The Hall–Kier alpha value is -1.19. The normalized spacial score (nSPS) is 13.5. The van der Waals surface area contributed by atoms with E-state index in [1.54, 1.807) is 11.3 Å². The fourth-order valence-corrected chi connectivity index (χ4v) is 2.89. The standard InChI is InChI=1S/C16H21NOS/c1-11-7-5-6-8-12(11)9-14(18)13-10-19-15(17-13)16(2,3)4/h5-8,10,14,18H,9H2,1-4H3. The van der Waals surface area contributed by atoms with Gasteiger partial charge in [-0.05, 0) is 18.1 Å². The van der Waals surface area contributed by atoms with Crippen molar-refractivity contribution >= 4 is 11.3 Å². The highest BCUT2D eigenvalue weighted by molar-refractivity contribution is 7.09. The van der Waals surface area contributed by atoms with Gasteiger partial charge in [0.25, 0.3) is 0 Å². The highest BCUT2D eigenvalue weighted by Crippen LogP contribution is 2.29. The number of hydrogen-bond acceptors (Lipinski definition) is 3. The summed E-state index contributed by atoms with van der Waals surface area (Å²) < 4.78 is 0. The fraction of sp³-hybridized carbons (Fsp3) is 0.438. The van der Waals surface area contributed by atoms with E-state index < -0.39 is 6.10 Å². The van der Waals surface area contributed by atoms with Gasteiger partial charge in [0.2, 0.25) is 0 Å². The highest BCUT2D eigenvalue weighted by Gasteiger charge is 2.20. The molecule has 3 heteroatoms. The smallest absolute Gasteiger partial charge is 0.101 e. The molecule has 0 spiro atoms. The maximum absolute atomic E-state index is 10.3. The van der Waals surface area contributed by atoms with Gasteiger partial charge in [-0.15, -0.1) is 11.3 Å². The molecule has 1 heterocycles. The summed E-state index contributed by atoms with van der Waals surface area (Å²) in [4.78, 5) is 4.58. The number of hydrogen-bond donors (Lipinski definition) is 1. The lowest BCUT2D eigenvalue weighted by atomic mass is 9.98. The lowest BCUT2D eigenvalue weighted by molar-refractivity contribution is 0.174. The average Bonchev–Trinajstić information content (AvgIpc) is 2.81. The first-order valence-corrected chi connectivity index (χ1v) is 7.44. The van der Waals surface area contributed by atoms with Gasteiger partial charge in [-0.2, -0.15) is 0 Å². The number of aryl methyl sites for hydroxylation is 1. The van der Waals surface area contributed by atoms with E-state index in [1.165, 1.54) is 11.1 Å². The van der Waals surface area contributed by atoms with E-state index in [2.05, 4.69) is 44.8 Å². The first-order chi connectivity index (χ1) is 8.88. The molecule has 2 nitrogen and oxygen atoms in total. The van der Waals surface area contributed by atoms with E-state index in [-0.39, 0.29) is 5.41 Å². The number of aliphatic hydroxyl groups excluding tert-OH is 1. The minimum Gasteiger partial charge on any atom is -0.386 e. The van der Waals surface area contributed by atoms with Crippen molar-refractivity contribution in [1.29, 1.82) is 0 Å². The predicted molar refractivity (Wildman–Crippen MR) is 80.7 cm³/mol. The third kappa shape index (κ3) is 3.43. The van der Waals surface area contributed by atoms with E-state index in [4.69, 9.17) is 0 Å². The van der Waals surface area contributed by atoms with Gasteiger partial charge in [-0.25, -0.2) is 4.98 Å². The van der Waals surface area contributed by atoms with Crippen LogP contribution in [0.25, 0.3) is 0 Å². The summed E-state index contributed by atoms with van der Waals surface area (Å²) in [6.45, 7) is 8.50. The molecule has 0 fully saturated rings. The van der Waals surface area contributed by atoms with Gasteiger partial charge >= 0.3 is 0 Å². The van der Waals surface area contributed by atoms with Crippen molar-refractivity contribution in [3.05, 3.63) is 51.5 Å². The summed E-state index contributed by atoms with van der Waals surface area (Å²) in [5, 5.41) is 13.4. The fourth-order valence-electron chi connectivity index (χ4n) is 1.94. The van der Waals surface area contributed by atoms with Crippen molar-refractivity contribution in [2.45, 2.75) is 45.6 Å². The van der Waals surface area contributed by atoms with Crippen LogP contribution < -0.4 is 0 Å². The molecule has 1 atom stereocenters. The molecule has 1 unspecified atom stereocenters. The minimum absolute atomic E-state index is 0.0469. The molecule has 0 aliphatic carbocycles. The lowest BCUT2D eigenvalue weighted by Gasteiger charge is -2.14. The van der Waals surface area contributed by atoms with E-state index in [0.717, 1.165) is 10.7 Å². The molecule has 0 aliphatic heterocycles. The summed E-state index contributed by atoms with van der Waals surface area (Å²) >= 11 is 1.63. The van der Waals surface area contributed by atoms with Crippen molar-refractivity contribution < 1.29 is 5.11 Å². The van der Waals surface area contributed by atoms with Crippen LogP contribution >= 0.6 is 11.3 Å². The molecule has 1 aromatic carbocycles. The molecule has 2 rings (SSSR count). The number of aliphatic hydroxyl groups is 1. The Kier molecular flexibility index (Phi) is 4.07. The number of thiazole rings is 1. The SMILES string of the molecule is Cc1ccccc1CC(O)c1csc(C(C)(C)C)n1. The third-order valence-electron chi connectivity index (χ3n) is 3.18. The zero-order valence-corrected chi connectivity index (χ0v) is 12.8. The van der Waals surface area contributed by atoms with Gasteiger partial charge in [0.05, 0.1) is 10.7 Å². The Labute approximate surface area is 119 Å². The molecular weight excluding hydrogens is 254 g/mol. The lowest BCUT2D eigenvalue weighted by Crippen LogP contribution is -2.11. The monoisotopic (exact) mass is 275 g/mol. The Bertz CT molecular complexity index is 554. The van der Waals surface area contributed by atoms with Crippen LogP contribution in [0.1, 0.15) is 48.7 Å². The molecule has 0 aliphatic rings. The number of rotatable bonds is 3. The number of aromatic nitrogens is 1. The maximum atomic E-state index is 10.3. The second-order valence-corrected chi connectivity index (χ2v) is 6.83. The Morgan fingerprint density at radius 1 is 1.26 bits per heavy atom. The van der Waals surface area contributed by atoms with Crippen LogP contribution in [0.3, 0.4) is 0 Å². The van der Waals surface area contributed by atoms with Crippen LogP contribution in [0, 0.1) is 6.92 Å². The molecule has 0 radical (unpaired) electrons. The zero-order chi connectivity index (χ0) is 14.0. The molecule has 1 N–H and O–H groups in total. The molecule has 1 aromatic heterocycles. The van der Waals surface area contributed by atoms with Crippen LogP contribution in [0.5, 0.6) is 0 Å². The second-order valence-electron chi connectivity index (χ2n) is 5.97. The van der Waals surface area contributed by atoms with Crippen LogP contribution in [-0.4, -0.2) is 10.1 Å². The van der Waals surface area contributed by atoms with E-state index in [9.17, 15) is 5.11 Å². The summed E-state index contributed by atoms with van der Waals surface area (Å²) in [5.74, 6) is 0. The van der Waals surface area contributed by atoms with Gasteiger partial charge in [0.15, 0.2) is 0 Å². The largest absolute Gasteiger partial charge is 0.386 e. The van der Waals surface area contributed by atoms with E-state index in [1.807, 2.05) is 17.5 Å². The van der Waals surface area contributed by atoms with Crippen molar-refractivity contribution in [2.75, 3.05) is 0 Å². The molecule has 2 aromatic rings.